The van der Waals surface area contributed by atoms with Crippen molar-refractivity contribution in [2.75, 3.05) is 0 Å². The standard InChI is InChI=1S/C36H34BNO2.C30H20BrN.C12H24B2O4/c1-26(24-29(28-16-10-7-11-17-28)21-20-27-14-8-6-9-15-27)38-33-19-13-12-18-31(33)32-23-22-30(25-34(32)38)37-39-35(2,3)36(4,5)40-37;31-25-15-16-28-27-13-7-8-14-29(27)32(30(28)20-25)26-18-23(21-9-3-1-4-10-21)17-24(19-26)22-11-5-2-6-12-22;1-9(2)10(3,4)16-13(15-9)14-17-11(5,6)12(7,8)18-14/h6-25H,1H2,2-5H3;1-20H;1-8H3/b21-20+,29-24+;;. The number of benzene rings is 9. The lowest BCUT2D eigenvalue weighted by Gasteiger charge is -2.32. The van der Waals surface area contributed by atoms with Crippen molar-refractivity contribution in [2.45, 2.75) is 117 Å². The molecule has 0 atom stereocenters. The van der Waals surface area contributed by atoms with Crippen molar-refractivity contribution in [1.29, 1.82) is 0 Å². The third-order valence-electron chi connectivity index (χ3n) is 19.0. The molecule has 5 heterocycles. The van der Waals surface area contributed by atoms with E-state index in [2.05, 4.69) is 290 Å². The van der Waals surface area contributed by atoms with Crippen LogP contribution >= 0.6 is 15.9 Å². The molecule has 3 aliphatic heterocycles. The number of hydrogen-bond donors (Lipinski definition) is 0. The third kappa shape index (κ3) is 12.3. The molecule has 8 nitrogen and oxygen atoms in total. The van der Waals surface area contributed by atoms with Crippen LogP contribution in [0.25, 0.3) is 88.9 Å². The molecule has 3 saturated heterocycles. The minimum atomic E-state index is -0.476. The van der Waals surface area contributed by atoms with E-state index in [9.17, 15) is 0 Å². The Balaban J connectivity index is 0.000000140. The molecule has 14 rings (SSSR count). The number of para-hydroxylation sites is 2. The first-order valence-electron chi connectivity index (χ1n) is 31.1. The van der Waals surface area contributed by atoms with Crippen LogP contribution in [0.15, 0.2) is 248 Å². The van der Waals surface area contributed by atoms with Gasteiger partial charge in [-0.15, -0.1) is 0 Å². The van der Waals surface area contributed by atoms with Crippen LogP contribution in [0.5, 0.6) is 0 Å². The molecule has 0 radical (unpaired) electrons. The fourth-order valence-corrected chi connectivity index (χ4v) is 12.2. The summed E-state index contributed by atoms with van der Waals surface area (Å²) >= 11 is 3.69. The molecule has 452 valence electrons. The predicted molar refractivity (Wildman–Crippen MR) is 382 cm³/mol. The molecule has 0 amide bonds. The van der Waals surface area contributed by atoms with Crippen molar-refractivity contribution in [3.63, 3.8) is 0 Å². The summed E-state index contributed by atoms with van der Waals surface area (Å²) in [6.07, 6.45) is 6.48. The van der Waals surface area contributed by atoms with E-state index in [1.165, 1.54) is 54.8 Å². The first-order valence-corrected chi connectivity index (χ1v) is 31.9. The summed E-state index contributed by atoms with van der Waals surface area (Å²) in [7, 11) is -1.38. The van der Waals surface area contributed by atoms with E-state index >= 15 is 0 Å². The van der Waals surface area contributed by atoms with Crippen LogP contribution in [-0.4, -0.2) is 63.9 Å². The zero-order valence-electron chi connectivity index (χ0n) is 53.8. The number of nitrogens with zero attached hydrogens (tertiary/aromatic N) is 2. The summed E-state index contributed by atoms with van der Waals surface area (Å²) < 4.78 is 42.4. The molecule has 2 aromatic heterocycles. The maximum absolute atomic E-state index is 6.39. The first-order chi connectivity index (χ1) is 42.9. The number of aromatic nitrogens is 2. The number of allylic oxidation sites excluding steroid dienone is 4. The molecule has 9 aromatic carbocycles. The van der Waals surface area contributed by atoms with Crippen molar-refractivity contribution in [3.8, 4) is 27.9 Å². The van der Waals surface area contributed by atoms with Crippen molar-refractivity contribution in [1.82, 2.24) is 9.13 Å². The second kappa shape index (κ2) is 24.5. The Labute approximate surface area is 540 Å². The summed E-state index contributed by atoms with van der Waals surface area (Å²) in [5.41, 5.74) is 13.6. The summed E-state index contributed by atoms with van der Waals surface area (Å²) in [6, 6.07) is 79.1. The fraction of sp³-hybridized carbons (Fsp3) is 0.231. The van der Waals surface area contributed by atoms with E-state index in [1.807, 2.05) is 67.5 Å². The summed E-state index contributed by atoms with van der Waals surface area (Å²) in [6.45, 7) is 29.1. The van der Waals surface area contributed by atoms with Crippen LogP contribution in [0.1, 0.15) is 94.2 Å². The summed E-state index contributed by atoms with van der Waals surface area (Å²) in [5.74, 6) is 0. The molecule has 0 saturated carbocycles. The molecule has 3 aliphatic rings. The van der Waals surface area contributed by atoms with E-state index in [0.717, 1.165) is 49.1 Å². The third-order valence-corrected chi connectivity index (χ3v) is 19.5. The van der Waals surface area contributed by atoms with Gasteiger partial charge in [0.1, 0.15) is 0 Å². The normalized spacial score (nSPS) is 17.9. The minimum Gasteiger partial charge on any atom is -0.405 e. The van der Waals surface area contributed by atoms with Gasteiger partial charge < -0.3 is 37.1 Å². The second-order valence-corrected chi connectivity index (χ2v) is 27.6. The largest absolute Gasteiger partial charge is 0.494 e. The molecule has 12 heteroatoms. The van der Waals surface area contributed by atoms with E-state index < -0.39 is 32.3 Å². The van der Waals surface area contributed by atoms with Gasteiger partial charge in [0.2, 0.25) is 0 Å². The zero-order chi connectivity index (χ0) is 63.4. The van der Waals surface area contributed by atoms with Gasteiger partial charge in [-0.05, 0) is 182 Å². The number of hydrogen-bond acceptors (Lipinski definition) is 6. The topological polar surface area (TPSA) is 65.2 Å². The van der Waals surface area contributed by atoms with Gasteiger partial charge in [0.25, 0.3) is 0 Å². The predicted octanol–water partition coefficient (Wildman–Crippen LogP) is 19.5. The van der Waals surface area contributed by atoms with E-state index in [4.69, 9.17) is 27.9 Å². The van der Waals surface area contributed by atoms with Crippen LogP contribution in [0, 0.1) is 0 Å². The molecule has 0 spiro atoms. The molecule has 11 aromatic rings. The summed E-state index contributed by atoms with van der Waals surface area (Å²) in [4.78, 5) is 0. The Bertz CT molecular complexity index is 4360. The molecular weight excluding hydrogens is 1170 g/mol. The van der Waals surface area contributed by atoms with Gasteiger partial charge in [-0.25, -0.2) is 0 Å². The van der Waals surface area contributed by atoms with Crippen molar-refractivity contribution in [3.05, 3.63) is 259 Å². The molecule has 3 fully saturated rings. The van der Waals surface area contributed by atoms with Gasteiger partial charge in [-0.3, -0.25) is 0 Å². The Morgan fingerprint density at radius 2 is 0.822 bits per heavy atom. The van der Waals surface area contributed by atoms with Crippen molar-refractivity contribution >= 4 is 103 Å². The van der Waals surface area contributed by atoms with Crippen molar-refractivity contribution in [2.24, 2.45) is 0 Å². The number of halogens is 1. The molecule has 0 N–H and O–H groups in total. The zero-order valence-corrected chi connectivity index (χ0v) is 55.3. The number of fused-ring (bicyclic) bond motifs is 6. The Hall–Kier alpha value is -7.77. The van der Waals surface area contributed by atoms with Crippen LogP contribution in [0.4, 0.5) is 0 Å². The van der Waals surface area contributed by atoms with Crippen LogP contribution in [0.2, 0.25) is 0 Å². The lowest BCUT2D eigenvalue weighted by atomic mass is 9.49. The molecule has 0 aliphatic carbocycles. The monoisotopic (exact) mass is 1250 g/mol. The molecule has 0 bridgehead atoms. The quantitative estimate of drug-likeness (QED) is 0.100. The van der Waals surface area contributed by atoms with Crippen LogP contribution < -0.4 is 5.46 Å². The van der Waals surface area contributed by atoms with E-state index in [-0.39, 0.29) is 22.4 Å². The number of rotatable bonds is 10. The van der Waals surface area contributed by atoms with Crippen LogP contribution in [-0.2, 0) is 27.9 Å². The van der Waals surface area contributed by atoms with E-state index in [0.29, 0.717) is 0 Å². The van der Waals surface area contributed by atoms with Gasteiger partial charge in [0, 0.05) is 37.4 Å². The maximum atomic E-state index is 6.39. The minimum absolute atomic E-state index is 0.360. The Kier molecular flexibility index (Phi) is 17.0. The Morgan fingerprint density at radius 1 is 0.400 bits per heavy atom. The highest BCUT2D eigenvalue weighted by Gasteiger charge is 2.64. The van der Waals surface area contributed by atoms with E-state index in [1.54, 1.807) is 0 Å². The summed E-state index contributed by atoms with van der Waals surface area (Å²) in [5, 5.41) is 4.89. The fourth-order valence-electron chi connectivity index (χ4n) is 11.8. The maximum Gasteiger partial charge on any atom is 0.494 e. The molecule has 90 heavy (non-hydrogen) atoms. The van der Waals surface area contributed by atoms with Gasteiger partial charge >= 0.3 is 21.1 Å². The molecule has 0 unspecified atom stereocenters. The highest BCUT2D eigenvalue weighted by atomic mass is 79.9. The highest BCUT2D eigenvalue weighted by Crippen LogP contribution is 2.44. The van der Waals surface area contributed by atoms with Gasteiger partial charge in [-0.2, -0.15) is 0 Å². The average molecular weight is 1250 g/mol. The molecular formula is C78H78B3BrN2O6. The van der Waals surface area contributed by atoms with Crippen molar-refractivity contribution < 1.29 is 27.9 Å². The van der Waals surface area contributed by atoms with Gasteiger partial charge in [0.15, 0.2) is 0 Å². The van der Waals surface area contributed by atoms with Gasteiger partial charge in [-0.1, -0.05) is 211 Å². The SMILES string of the molecule is Brc1ccc2c3ccccc3n(-c3cc(-c4ccccc4)cc(-c4ccccc4)c3)c2c1.C=C(/C=C(\C=C\c1ccccc1)c1ccccc1)n1c2ccccc2c2ccc(B3OC(C)(C)C(C)(C)O3)cc21.CC1(C)OB(B2OC(C)(C)C(C)(C)O2)OC1(C)C. The first kappa shape index (κ1) is 62.4. The lowest BCUT2D eigenvalue weighted by Crippen LogP contribution is -2.41. The Morgan fingerprint density at radius 3 is 1.36 bits per heavy atom. The smallest absolute Gasteiger partial charge is 0.405 e. The van der Waals surface area contributed by atoms with Gasteiger partial charge in [0.05, 0.1) is 55.7 Å². The lowest BCUT2D eigenvalue weighted by molar-refractivity contribution is 0.00578. The average Bonchev–Trinajstić information content (AvgIpc) is 1.62. The highest BCUT2D eigenvalue weighted by molar-refractivity contribution is 9.10. The second-order valence-electron chi connectivity index (χ2n) is 26.7. The van der Waals surface area contributed by atoms with Crippen LogP contribution in [0.3, 0.4) is 0 Å².